The van der Waals surface area contributed by atoms with E-state index in [1.54, 1.807) is 0 Å². The van der Waals surface area contributed by atoms with Crippen molar-refractivity contribution >= 4 is 0 Å². The highest BCUT2D eigenvalue weighted by molar-refractivity contribution is 5.06. The molecular weight excluding hydrogens is 424 g/mol. The summed E-state index contributed by atoms with van der Waals surface area (Å²) in [6, 6.07) is 0. The van der Waals surface area contributed by atoms with Crippen molar-refractivity contribution in [2.45, 2.75) is 155 Å². The number of hydrogen-bond acceptors (Lipinski definition) is 4. The molecule has 2 aliphatic heterocycles. The summed E-state index contributed by atoms with van der Waals surface area (Å²) in [7, 11) is 0. The van der Waals surface area contributed by atoms with Crippen LogP contribution in [0.5, 0.6) is 0 Å². The molecule has 0 spiro atoms. The molecule has 0 radical (unpaired) electrons. The van der Waals surface area contributed by atoms with Crippen molar-refractivity contribution < 1.29 is 19.7 Å². The number of aliphatic hydroxyl groups excluding tert-OH is 1. The summed E-state index contributed by atoms with van der Waals surface area (Å²) >= 11 is 0. The summed E-state index contributed by atoms with van der Waals surface area (Å²) in [6.07, 6.45) is 15.7. The fraction of sp³-hybridized carbons (Fsp3) is 0.800. The first-order valence-corrected chi connectivity index (χ1v) is 13.5. The molecule has 0 aromatic heterocycles. The largest absolute Gasteiger partial charge is 0.390 e. The van der Waals surface area contributed by atoms with E-state index < -0.39 is 22.9 Å². The Kier molecular flexibility index (Phi) is 10.6. The van der Waals surface area contributed by atoms with Gasteiger partial charge in [0.25, 0.3) is 0 Å². The van der Waals surface area contributed by atoms with Crippen LogP contribution >= 0.6 is 0 Å². The fourth-order valence-corrected chi connectivity index (χ4v) is 5.26. The minimum Gasteiger partial charge on any atom is -0.390 e. The van der Waals surface area contributed by atoms with Gasteiger partial charge in [-0.2, -0.15) is 0 Å². The lowest BCUT2D eigenvalue weighted by Gasteiger charge is -2.37. The Hall–Kier alpha value is -0.940. The quantitative estimate of drug-likeness (QED) is 0.293. The van der Waals surface area contributed by atoms with E-state index in [0.717, 1.165) is 57.8 Å². The highest BCUT2D eigenvalue weighted by atomic mass is 16.6. The van der Waals surface area contributed by atoms with Gasteiger partial charge < -0.3 is 19.7 Å². The van der Waals surface area contributed by atoms with Crippen LogP contribution in [0.15, 0.2) is 34.9 Å². The SMILES string of the molecule is CC(C)=CCC/C(C)=C/CC/C(C)=C/CC[C@H](O)[C@@]1(C)CC[C@@H]([C@]2(C)CC[C@H](C(C)(C)O)O2)O1. The third-order valence-electron chi connectivity index (χ3n) is 7.86. The van der Waals surface area contributed by atoms with Gasteiger partial charge in [-0.25, -0.2) is 0 Å². The number of hydrogen-bond donors (Lipinski definition) is 2. The molecule has 0 aliphatic carbocycles. The lowest BCUT2D eigenvalue weighted by molar-refractivity contribution is -0.190. The first-order valence-electron chi connectivity index (χ1n) is 13.5. The Balaban J connectivity index is 1.76. The average molecular weight is 477 g/mol. The van der Waals surface area contributed by atoms with Crippen molar-refractivity contribution in [1.82, 2.24) is 0 Å². The summed E-state index contributed by atoms with van der Waals surface area (Å²) in [4.78, 5) is 0. The van der Waals surface area contributed by atoms with Crippen LogP contribution in [-0.2, 0) is 9.47 Å². The monoisotopic (exact) mass is 476 g/mol. The second-order valence-corrected chi connectivity index (χ2v) is 12.1. The maximum Gasteiger partial charge on any atom is 0.0921 e. The van der Waals surface area contributed by atoms with Gasteiger partial charge in [-0.15, -0.1) is 0 Å². The van der Waals surface area contributed by atoms with E-state index in [-0.39, 0.29) is 12.2 Å². The van der Waals surface area contributed by atoms with E-state index in [1.807, 2.05) is 20.8 Å². The Labute approximate surface area is 209 Å². The van der Waals surface area contributed by atoms with Crippen molar-refractivity contribution in [3.63, 3.8) is 0 Å². The molecule has 2 N–H and O–H groups in total. The van der Waals surface area contributed by atoms with Crippen LogP contribution in [-0.4, -0.2) is 45.3 Å². The predicted octanol–water partition coefficient (Wildman–Crippen LogP) is 7.19. The molecule has 4 heteroatoms. The predicted molar refractivity (Wildman–Crippen MR) is 142 cm³/mol. The van der Waals surface area contributed by atoms with Crippen LogP contribution in [0.2, 0.25) is 0 Å². The molecule has 2 fully saturated rings. The summed E-state index contributed by atoms with van der Waals surface area (Å²) < 4.78 is 12.8. The fourth-order valence-electron chi connectivity index (χ4n) is 5.26. The minimum absolute atomic E-state index is 0.0384. The Morgan fingerprint density at radius 2 is 1.50 bits per heavy atom. The lowest BCUT2D eigenvalue weighted by atomic mass is 9.89. The van der Waals surface area contributed by atoms with E-state index in [2.05, 4.69) is 52.8 Å². The molecule has 2 rings (SSSR count). The highest BCUT2D eigenvalue weighted by Crippen LogP contribution is 2.46. The van der Waals surface area contributed by atoms with Crippen molar-refractivity contribution in [1.29, 1.82) is 0 Å². The van der Waals surface area contributed by atoms with E-state index in [4.69, 9.17) is 9.47 Å². The van der Waals surface area contributed by atoms with Crippen molar-refractivity contribution in [3.8, 4) is 0 Å². The van der Waals surface area contributed by atoms with Crippen LogP contribution in [0.25, 0.3) is 0 Å². The summed E-state index contributed by atoms with van der Waals surface area (Å²) in [5, 5.41) is 21.3. The minimum atomic E-state index is -0.844. The molecule has 0 saturated carbocycles. The van der Waals surface area contributed by atoms with Crippen LogP contribution < -0.4 is 0 Å². The van der Waals surface area contributed by atoms with Crippen LogP contribution in [0.1, 0.15) is 120 Å². The van der Waals surface area contributed by atoms with Gasteiger partial charge in [-0.05, 0) is 120 Å². The zero-order valence-corrected chi connectivity index (χ0v) is 23.2. The summed E-state index contributed by atoms with van der Waals surface area (Å²) in [5.74, 6) is 0. The molecule has 0 bridgehead atoms. The topological polar surface area (TPSA) is 58.9 Å². The maximum absolute atomic E-state index is 11.0. The number of rotatable bonds is 12. The molecule has 4 nitrogen and oxygen atoms in total. The lowest BCUT2D eigenvalue weighted by Crippen LogP contribution is -2.46. The number of allylic oxidation sites excluding steroid dienone is 6. The molecule has 2 aliphatic rings. The third-order valence-corrected chi connectivity index (χ3v) is 7.86. The van der Waals surface area contributed by atoms with Gasteiger partial charge in [0.2, 0.25) is 0 Å². The van der Waals surface area contributed by atoms with E-state index >= 15 is 0 Å². The van der Waals surface area contributed by atoms with Crippen LogP contribution in [0.3, 0.4) is 0 Å². The first kappa shape index (κ1) is 29.3. The van der Waals surface area contributed by atoms with E-state index in [9.17, 15) is 10.2 Å². The number of aliphatic hydroxyl groups is 2. The normalized spacial score (nSPS) is 31.7. The molecule has 0 unspecified atom stereocenters. The number of ether oxygens (including phenoxy) is 2. The molecule has 0 amide bonds. The molecule has 34 heavy (non-hydrogen) atoms. The summed E-state index contributed by atoms with van der Waals surface area (Å²) in [5.41, 5.74) is 2.48. The van der Waals surface area contributed by atoms with Crippen LogP contribution in [0.4, 0.5) is 0 Å². The van der Waals surface area contributed by atoms with Gasteiger partial charge in [-0.1, -0.05) is 34.9 Å². The zero-order valence-electron chi connectivity index (χ0n) is 23.2. The molecule has 2 heterocycles. The highest BCUT2D eigenvalue weighted by Gasteiger charge is 2.53. The smallest absolute Gasteiger partial charge is 0.0921 e. The van der Waals surface area contributed by atoms with Crippen molar-refractivity contribution in [2.24, 2.45) is 0 Å². The molecule has 196 valence electrons. The second-order valence-electron chi connectivity index (χ2n) is 12.1. The Morgan fingerprint density at radius 1 is 0.912 bits per heavy atom. The van der Waals surface area contributed by atoms with Gasteiger partial charge in [0.1, 0.15) is 0 Å². The third kappa shape index (κ3) is 8.62. The van der Waals surface area contributed by atoms with E-state index in [0.29, 0.717) is 6.42 Å². The average Bonchev–Trinajstić information content (AvgIpc) is 3.33. The Bertz CT molecular complexity index is 739. The van der Waals surface area contributed by atoms with Gasteiger partial charge in [0.05, 0.1) is 35.1 Å². The van der Waals surface area contributed by atoms with Gasteiger partial charge >= 0.3 is 0 Å². The van der Waals surface area contributed by atoms with Gasteiger partial charge in [-0.3, -0.25) is 0 Å². The second kappa shape index (κ2) is 12.3. The molecular formula is C30H52O4. The zero-order chi connectivity index (χ0) is 25.6. The van der Waals surface area contributed by atoms with Crippen molar-refractivity contribution in [2.75, 3.05) is 0 Å². The molecule has 5 atom stereocenters. The van der Waals surface area contributed by atoms with Crippen molar-refractivity contribution in [3.05, 3.63) is 34.9 Å². The van der Waals surface area contributed by atoms with Crippen LogP contribution in [0, 0.1) is 0 Å². The molecule has 0 aromatic rings. The Morgan fingerprint density at radius 3 is 2.06 bits per heavy atom. The molecule has 2 saturated heterocycles. The van der Waals surface area contributed by atoms with Gasteiger partial charge in [0, 0.05) is 0 Å². The first-order chi connectivity index (χ1) is 15.7. The molecule has 0 aromatic carbocycles. The van der Waals surface area contributed by atoms with E-state index in [1.165, 1.54) is 16.7 Å². The standard InChI is InChI=1S/C30H52O4/c1-22(2)12-9-13-23(3)14-10-15-24(4)16-11-17-25(31)29(7)20-19-27(34-29)30(8)21-18-26(33-30)28(5,6)32/h12,14,16,25-27,31-32H,9-11,13,15,17-21H2,1-8H3/b23-14+,24-16+/t25-,26+,27-,29+,30-/m0/s1. The van der Waals surface area contributed by atoms with Gasteiger partial charge in [0.15, 0.2) is 0 Å². The summed E-state index contributed by atoms with van der Waals surface area (Å²) in [6.45, 7) is 16.5. The maximum atomic E-state index is 11.0.